The van der Waals surface area contributed by atoms with Crippen LogP contribution in [-0.4, -0.2) is 14.7 Å². The molecule has 0 amide bonds. The quantitative estimate of drug-likeness (QED) is 0.538. The van der Waals surface area contributed by atoms with E-state index in [-0.39, 0.29) is 25.2 Å². The van der Waals surface area contributed by atoms with Crippen LogP contribution in [0.2, 0.25) is 0 Å². The number of benzene rings is 2. The molecule has 0 unspecified atom stereocenters. The van der Waals surface area contributed by atoms with Crippen molar-refractivity contribution in [2.24, 2.45) is 0 Å². The Morgan fingerprint density at radius 2 is 1.64 bits per heavy atom. The molecular weight excluding hydrogens is 346 g/mol. The zero-order valence-corrected chi connectivity index (χ0v) is 15.6. The summed E-state index contributed by atoms with van der Waals surface area (Å²) in [5.41, 5.74) is 2.73. The molecule has 0 aliphatic rings. The Hall–Kier alpha value is -1.97. The summed E-state index contributed by atoms with van der Waals surface area (Å²) in [5, 5.41) is 12.2. The van der Waals surface area contributed by atoms with Crippen molar-refractivity contribution in [1.29, 1.82) is 0 Å². The van der Waals surface area contributed by atoms with Gasteiger partial charge in [-0.25, -0.2) is 4.98 Å². The maximum Gasteiger partial charge on any atom is 0.150 e. The molecule has 3 nitrogen and oxygen atoms in total. The molecule has 2 aromatic carbocycles. The Morgan fingerprint density at radius 1 is 0.909 bits per heavy atom. The molecule has 0 atom stereocenters. The normalized spacial score (nSPS) is 10.5. The molecule has 0 saturated heterocycles. The van der Waals surface area contributed by atoms with Gasteiger partial charge in [0.2, 0.25) is 0 Å². The predicted octanol–water partition coefficient (Wildman–Crippen LogP) is 4.46. The van der Waals surface area contributed by atoms with E-state index in [4.69, 9.17) is 4.98 Å². The Kier molecular flexibility index (Phi) is 4.10. The molecule has 104 valence electrons. The van der Waals surface area contributed by atoms with Crippen molar-refractivity contribution in [3.05, 3.63) is 66.0 Å². The van der Waals surface area contributed by atoms with Gasteiger partial charge in [0.25, 0.3) is 0 Å². The molecule has 2 aromatic heterocycles. The van der Waals surface area contributed by atoms with Crippen molar-refractivity contribution in [2.45, 2.75) is 0 Å². The fraction of sp³-hybridized carbons (Fsp3) is 0. The number of hydrogen-bond acceptors (Lipinski definition) is 3. The summed E-state index contributed by atoms with van der Waals surface area (Å²) in [5.74, 6) is 1.01. The first-order chi connectivity index (χ1) is 10.3. The van der Waals surface area contributed by atoms with E-state index < -0.39 is 0 Å². The summed E-state index contributed by atoms with van der Waals surface area (Å²) < 4.78 is 2.09. The number of imidazole rings is 1. The second-order valence-electron chi connectivity index (χ2n) is 4.73. The van der Waals surface area contributed by atoms with Crippen LogP contribution in [0.25, 0.3) is 27.4 Å². The van der Waals surface area contributed by atoms with E-state index in [1.165, 1.54) is 0 Å². The molecule has 4 rings (SSSR count). The van der Waals surface area contributed by atoms with Gasteiger partial charge in [0.1, 0.15) is 21.9 Å². The van der Waals surface area contributed by atoms with Gasteiger partial charge in [-0.2, -0.15) is 0 Å². The Morgan fingerprint density at radius 3 is 2.41 bits per heavy atom. The number of aromatic hydroxyl groups is 1. The van der Waals surface area contributed by atoms with E-state index in [1.54, 1.807) is 17.4 Å². The maximum atomic E-state index is 10.1. The van der Waals surface area contributed by atoms with Crippen LogP contribution >= 0.6 is 11.3 Å². The number of aromatic nitrogens is 2. The zero-order valence-electron chi connectivity index (χ0n) is 11.8. The molecule has 0 spiro atoms. The molecule has 1 N–H and O–H groups in total. The van der Waals surface area contributed by atoms with Gasteiger partial charge in [0.15, 0.2) is 0 Å². The second kappa shape index (κ2) is 6.03. The minimum Gasteiger partial charge on any atom is -0.507 e. The minimum absolute atomic E-state index is 0. The van der Waals surface area contributed by atoms with E-state index in [1.807, 2.05) is 60.0 Å². The van der Waals surface area contributed by atoms with Gasteiger partial charge >= 0.3 is 0 Å². The Bertz CT molecular complexity index is 915. The van der Waals surface area contributed by atoms with E-state index in [0.717, 1.165) is 27.4 Å². The van der Waals surface area contributed by atoms with Crippen LogP contribution in [-0.2, 0) is 19.5 Å². The van der Waals surface area contributed by atoms with Crippen LogP contribution in [0.4, 0.5) is 0 Å². The molecule has 0 radical (unpaired) electrons. The Labute approximate surface area is 144 Å². The van der Waals surface area contributed by atoms with Crippen molar-refractivity contribution in [1.82, 2.24) is 9.55 Å². The number of hydrogen-bond donors (Lipinski definition) is 1. The maximum absolute atomic E-state index is 10.1. The van der Waals surface area contributed by atoms with Crippen molar-refractivity contribution >= 4 is 21.7 Å². The van der Waals surface area contributed by atoms with Crippen molar-refractivity contribution in [3.8, 4) is 22.8 Å². The summed E-state index contributed by atoms with van der Waals surface area (Å²) in [6, 6.07) is 19.4. The van der Waals surface area contributed by atoms with Gasteiger partial charge in [-0.3, -0.25) is 4.57 Å². The van der Waals surface area contributed by atoms with E-state index in [0.29, 0.717) is 0 Å². The number of phenolic OH excluding ortho intramolecular Hbond substituents is 1. The molecule has 0 aliphatic carbocycles. The zero-order chi connectivity index (χ0) is 14.2. The summed E-state index contributed by atoms with van der Waals surface area (Å²) in [7, 11) is 0. The first kappa shape index (κ1) is 14.9. The van der Waals surface area contributed by atoms with Gasteiger partial charge in [-0.1, -0.05) is 30.3 Å². The average Bonchev–Trinajstić information content (AvgIpc) is 3.09. The molecule has 5 heteroatoms. The molecule has 4 aromatic rings. The topological polar surface area (TPSA) is 38.1 Å². The largest absolute Gasteiger partial charge is 0.507 e. The number of rotatable bonds is 2. The number of fused-ring (bicyclic) bond motifs is 1. The molecule has 0 bridgehead atoms. The third kappa shape index (κ3) is 2.37. The molecule has 0 aliphatic heterocycles. The van der Waals surface area contributed by atoms with Crippen molar-refractivity contribution < 1.29 is 24.6 Å². The van der Waals surface area contributed by atoms with Crippen LogP contribution in [0, 0.1) is 0 Å². The van der Waals surface area contributed by atoms with Crippen molar-refractivity contribution in [2.75, 3.05) is 0 Å². The standard InChI is InChI=1S/C17H12N2OS.Zn/c20-15-9-5-4-8-13(15)16-18-14-10-11-21-17(14)19(16)12-6-2-1-3-7-12;/h1-11,20H;. The minimum atomic E-state index is 0. The summed E-state index contributed by atoms with van der Waals surface area (Å²) in [6.45, 7) is 0. The number of phenols is 1. The van der Waals surface area contributed by atoms with Gasteiger partial charge in [-0.15, -0.1) is 11.3 Å². The molecule has 2 heterocycles. The monoisotopic (exact) mass is 356 g/mol. The van der Waals surface area contributed by atoms with Crippen LogP contribution in [0.3, 0.4) is 0 Å². The smallest absolute Gasteiger partial charge is 0.150 e. The van der Waals surface area contributed by atoms with Crippen molar-refractivity contribution in [3.63, 3.8) is 0 Å². The van der Waals surface area contributed by atoms with Gasteiger partial charge < -0.3 is 5.11 Å². The average molecular weight is 358 g/mol. The van der Waals surface area contributed by atoms with Crippen LogP contribution in [0.5, 0.6) is 5.75 Å². The summed E-state index contributed by atoms with van der Waals surface area (Å²) >= 11 is 1.65. The number of thiophene rings is 1. The molecule has 0 fully saturated rings. The fourth-order valence-corrected chi connectivity index (χ4v) is 3.32. The van der Waals surface area contributed by atoms with E-state index in [9.17, 15) is 5.11 Å². The first-order valence-corrected chi connectivity index (χ1v) is 7.52. The fourth-order valence-electron chi connectivity index (χ4n) is 2.47. The van der Waals surface area contributed by atoms with Gasteiger partial charge in [0.05, 0.1) is 5.56 Å². The summed E-state index contributed by atoms with van der Waals surface area (Å²) in [4.78, 5) is 5.78. The number of para-hydroxylation sites is 2. The van der Waals surface area contributed by atoms with E-state index in [2.05, 4.69) is 4.57 Å². The molecular formula is C17H12N2OSZn. The Balaban J connectivity index is 0.00000144. The second-order valence-corrected chi connectivity index (χ2v) is 5.63. The third-order valence-corrected chi connectivity index (χ3v) is 4.31. The summed E-state index contributed by atoms with van der Waals surface area (Å²) in [6.07, 6.45) is 0. The van der Waals surface area contributed by atoms with Crippen LogP contribution < -0.4 is 0 Å². The van der Waals surface area contributed by atoms with E-state index >= 15 is 0 Å². The molecule has 22 heavy (non-hydrogen) atoms. The molecule has 0 saturated carbocycles. The van der Waals surface area contributed by atoms with Crippen LogP contribution in [0.1, 0.15) is 0 Å². The third-order valence-electron chi connectivity index (χ3n) is 3.43. The van der Waals surface area contributed by atoms with Crippen LogP contribution in [0.15, 0.2) is 66.0 Å². The van der Waals surface area contributed by atoms with Gasteiger partial charge in [-0.05, 0) is 35.7 Å². The predicted molar refractivity (Wildman–Crippen MR) is 86.0 cm³/mol. The van der Waals surface area contributed by atoms with Gasteiger partial charge in [0, 0.05) is 25.2 Å². The SMILES string of the molecule is Oc1ccccc1-c1nc2ccsc2n1-c1ccccc1.[Zn]. The first-order valence-electron chi connectivity index (χ1n) is 6.64. The number of nitrogens with zero attached hydrogens (tertiary/aromatic N) is 2.